The Kier molecular flexibility index (Phi) is 4.75. The minimum atomic E-state index is 0.139. The van der Waals surface area contributed by atoms with Crippen LogP contribution in [0.1, 0.15) is 26.7 Å². The van der Waals surface area contributed by atoms with Crippen molar-refractivity contribution in [2.75, 3.05) is 19.7 Å². The van der Waals surface area contributed by atoms with Gasteiger partial charge in [-0.2, -0.15) is 4.98 Å². The van der Waals surface area contributed by atoms with Crippen LogP contribution in [0.5, 0.6) is 11.9 Å². The van der Waals surface area contributed by atoms with Crippen molar-refractivity contribution in [3.8, 4) is 11.9 Å². The molecule has 1 N–H and O–H groups in total. The molecule has 2 atom stereocenters. The first-order valence-corrected chi connectivity index (χ1v) is 6.63. The lowest BCUT2D eigenvalue weighted by atomic mass is 9.97. The molecule has 0 aromatic carbocycles. The van der Waals surface area contributed by atoms with Gasteiger partial charge in [0.05, 0.1) is 6.61 Å². The zero-order valence-corrected chi connectivity index (χ0v) is 11.1. The third-order valence-corrected chi connectivity index (χ3v) is 3.08. The zero-order chi connectivity index (χ0) is 12.8. The topological polar surface area (TPSA) is 56.3 Å². The van der Waals surface area contributed by atoms with Gasteiger partial charge < -0.3 is 14.8 Å². The van der Waals surface area contributed by atoms with Gasteiger partial charge in [-0.05, 0) is 25.3 Å². The summed E-state index contributed by atoms with van der Waals surface area (Å²) in [6.45, 7) is 6.83. The Morgan fingerprint density at radius 2 is 2.39 bits per heavy atom. The Balaban J connectivity index is 1.95. The lowest BCUT2D eigenvalue weighted by Gasteiger charge is -2.29. The van der Waals surface area contributed by atoms with E-state index in [1.807, 2.05) is 0 Å². The highest BCUT2D eigenvalue weighted by atomic mass is 16.5. The fourth-order valence-corrected chi connectivity index (χ4v) is 1.92. The highest BCUT2D eigenvalue weighted by Crippen LogP contribution is 2.18. The van der Waals surface area contributed by atoms with E-state index in [1.165, 1.54) is 0 Å². The zero-order valence-electron chi connectivity index (χ0n) is 11.1. The molecule has 2 unspecified atom stereocenters. The number of aromatic nitrogens is 2. The summed E-state index contributed by atoms with van der Waals surface area (Å²) >= 11 is 0. The van der Waals surface area contributed by atoms with E-state index in [1.54, 1.807) is 12.3 Å². The number of hydrogen-bond donors (Lipinski definition) is 1. The molecule has 0 bridgehead atoms. The summed E-state index contributed by atoms with van der Waals surface area (Å²) in [5.41, 5.74) is 0. The van der Waals surface area contributed by atoms with Gasteiger partial charge in [0, 0.05) is 18.8 Å². The van der Waals surface area contributed by atoms with Gasteiger partial charge in [-0.15, -0.1) is 0 Å². The second-order valence-electron chi connectivity index (χ2n) is 4.65. The third-order valence-electron chi connectivity index (χ3n) is 3.08. The molecule has 18 heavy (non-hydrogen) atoms. The van der Waals surface area contributed by atoms with Crippen molar-refractivity contribution >= 4 is 0 Å². The maximum atomic E-state index is 5.82. The summed E-state index contributed by atoms with van der Waals surface area (Å²) in [6, 6.07) is 2.16. The van der Waals surface area contributed by atoms with Crippen molar-refractivity contribution in [1.29, 1.82) is 0 Å². The van der Waals surface area contributed by atoms with Crippen LogP contribution in [0.2, 0.25) is 0 Å². The standard InChI is InChI=1S/C13H21N3O2/c1-3-8-17-12-5-7-15-13(16-12)18-11-9-14-6-4-10(11)2/h5,7,10-11,14H,3-4,6,8-9H2,1-2H3. The number of rotatable bonds is 5. The second-order valence-corrected chi connectivity index (χ2v) is 4.65. The van der Waals surface area contributed by atoms with E-state index < -0.39 is 0 Å². The fraction of sp³-hybridized carbons (Fsp3) is 0.692. The Morgan fingerprint density at radius 1 is 1.50 bits per heavy atom. The first kappa shape index (κ1) is 13.1. The average molecular weight is 251 g/mol. The normalized spacial score (nSPS) is 23.7. The molecule has 0 spiro atoms. The van der Waals surface area contributed by atoms with Gasteiger partial charge in [-0.3, -0.25) is 0 Å². The molecule has 0 saturated carbocycles. The van der Waals surface area contributed by atoms with Gasteiger partial charge >= 0.3 is 6.01 Å². The SMILES string of the molecule is CCCOc1ccnc(OC2CNCCC2C)n1. The molecule has 1 saturated heterocycles. The molecule has 5 nitrogen and oxygen atoms in total. The van der Waals surface area contributed by atoms with Gasteiger partial charge in [-0.1, -0.05) is 13.8 Å². The molecule has 2 heterocycles. The minimum absolute atomic E-state index is 0.139. The number of piperidine rings is 1. The van der Waals surface area contributed by atoms with E-state index in [-0.39, 0.29) is 6.10 Å². The maximum absolute atomic E-state index is 5.82. The minimum Gasteiger partial charge on any atom is -0.478 e. The Morgan fingerprint density at radius 3 is 3.17 bits per heavy atom. The predicted molar refractivity (Wildman–Crippen MR) is 68.9 cm³/mol. The first-order chi connectivity index (χ1) is 8.79. The van der Waals surface area contributed by atoms with Crippen molar-refractivity contribution in [3.63, 3.8) is 0 Å². The van der Waals surface area contributed by atoms with Crippen molar-refractivity contribution in [2.45, 2.75) is 32.8 Å². The molecule has 0 amide bonds. The molecule has 1 aromatic rings. The summed E-state index contributed by atoms with van der Waals surface area (Å²) in [5.74, 6) is 1.10. The lowest BCUT2D eigenvalue weighted by Crippen LogP contribution is -2.43. The molecule has 1 aliphatic heterocycles. The van der Waals surface area contributed by atoms with Gasteiger partial charge in [0.2, 0.25) is 5.88 Å². The molecule has 5 heteroatoms. The van der Waals surface area contributed by atoms with Gasteiger partial charge in [-0.25, -0.2) is 4.98 Å². The maximum Gasteiger partial charge on any atom is 0.320 e. The number of hydrogen-bond acceptors (Lipinski definition) is 5. The van der Waals surface area contributed by atoms with Gasteiger partial charge in [0.15, 0.2) is 0 Å². The van der Waals surface area contributed by atoms with Crippen molar-refractivity contribution in [1.82, 2.24) is 15.3 Å². The summed E-state index contributed by atoms with van der Waals surface area (Å²) in [6.07, 6.45) is 3.90. The molecule has 0 radical (unpaired) electrons. The van der Waals surface area contributed by atoms with Crippen LogP contribution >= 0.6 is 0 Å². The summed E-state index contributed by atoms with van der Waals surface area (Å²) < 4.78 is 11.3. The fourth-order valence-electron chi connectivity index (χ4n) is 1.92. The summed E-state index contributed by atoms with van der Waals surface area (Å²) in [7, 11) is 0. The van der Waals surface area contributed by atoms with Crippen LogP contribution in [0, 0.1) is 5.92 Å². The monoisotopic (exact) mass is 251 g/mol. The van der Waals surface area contributed by atoms with Gasteiger partial charge in [0.1, 0.15) is 6.10 Å². The molecule has 1 aliphatic rings. The van der Waals surface area contributed by atoms with Crippen molar-refractivity contribution in [2.24, 2.45) is 5.92 Å². The van der Waals surface area contributed by atoms with E-state index in [0.29, 0.717) is 24.4 Å². The molecule has 2 rings (SSSR count). The number of nitrogens with zero attached hydrogens (tertiary/aromatic N) is 2. The first-order valence-electron chi connectivity index (χ1n) is 6.63. The van der Waals surface area contributed by atoms with Crippen LogP contribution in [0.4, 0.5) is 0 Å². The molecular formula is C13H21N3O2. The Bertz CT molecular complexity index is 373. The van der Waals surface area contributed by atoms with E-state index in [2.05, 4.69) is 29.1 Å². The molecule has 1 fully saturated rings. The quantitative estimate of drug-likeness (QED) is 0.862. The van der Waals surface area contributed by atoms with E-state index >= 15 is 0 Å². The molecular weight excluding hydrogens is 230 g/mol. The predicted octanol–water partition coefficient (Wildman–Crippen LogP) is 1.64. The smallest absolute Gasteiger partial charge is 0.320 e. The van der Waals surface area contributed by atoms with Crippen LogP contribution in [0.15, 0.2) is 12.3 Å². The average Bonchev–Trinajstić information content (AvgIpc) is 2.40. The number of nitrogens with one attached hydrogen (secondary N) is 1. The Labute approximate surface area is 108 Å². The van der Waals surface area contributed by atoms with Gasteiger partial charge in [0.25, 0.3) is 0 Å². The van der Waals surface area contributed by atoms with Crippen LogP contribution in [-0.4, -0.2) is 35.8 Å². The lowest BCUT2D eigenvalue weighted by molar-refractivity contribution is 0.103. The highest BCUT2D eigenvalue weighted by Gasteiger charge is 2.23. The third kappa shape index (κ3) is 3.57. The van der Waals surface area contributed by atoms with Crippen molar-refractivity contribution in [3.05, 3.63) is 12.3 Å². The molecule has 0 aliphatic carbocycles. The molecule has 100 valence electrons. The summed E-state index contributed by atoms with van der Waals surface area (Å²) in [5, 5.41) is 3.32. The van der Waals surface area contributed by atoms with Crippen LogP contribution in [0.3, 0.4) is 0 Å². The Hall–Kier alpha value is -1.36. The largest absolute Gasteiger partial charge is 0.478 e. The van der Waals surface area contributed by atoms with E-state index in [4.69, 9.17) is 9.47 Å². The van der Waals surface area contributed by atoms with Crippen LogP contribution < -0.4 is 14.8 Å². The number of ether oxygens (including phenoxy) is 2. The summed E-state index contributed by atoms with van der Waals surface area (Å²) in [4.78, 5) is 8.39. The van der Waals surface area contributed by atoms with E-state index in [0.717, 1.165) is 25.9 Å². The van der Waals surface area contributed by atoms with Crippen LogP contribution in [-0.2, 0) is 0 Å². The van der Waals surface area contributed by atoms with E-state index in [9.17, 15) is 0 Å². The van der Waals surface area contributed by atoms with Crippen LogP contribution in [0.25, 0.3) is 0 Å². The van der Waals surface area contributed by atoms with Crippen molar-refractivity contribution < 1.29 is 9.47 Å². The highest BCUT2D eigenvalue weighted by molar-refractivity contribution is 5.11. The molecule has 1 aromatic heterocycles. The second kappa shape index (κ2) is 6.54.